The summed E-state index contributed by atoms with van der Waals surface area (Å²) < 4.78 is 7.40. The minimum atomic E-state index is -2.41. The second-order valence-corrected chi connectivity index (χ2v) is 13.3. The van der Waals surface area contributed by atoms with Gasteiger partial charge in [-0.25, -0.2) is 0 Å². The third kappa shape index (κ3) is 2.96. The van der Waals surface area contributed by atoms with E-state index in [4.69, 9.17) is 4.43 Å². The molecule has 1 saturated carbocycles. The molecule has 1 unspecified atom stereocenters. The molecule has 1 N–H and O–H groups in total. The van der Waals surface area contributed by atoms with Gasteiger partial charge in [0.05, 0.1) is 6.10 Å². The van der Waals surface area contributed by atoms with Crippen molar-refractivity contribution in [3.63, 3.8) is 0 Å². The molecule has 0 radical (unpaired) electrons. The number of benzene rings is 2. The largest absolute Gasteiger partial charge is 0.404 e. The molecule has 2 aromatic rings. The molecule has 2 fully saturated rings. The quantitative estimate of drug-likeness (QED) is 0.837. The number of rotatable bonds is 4. The van der Waals surface area contributed by atoms with Crippen LogP contribution in [-0.2, 0) is 4.43 Å². The monoisotopic (exact) mass is 365 g/mol. The molecule has 2 nitrogen and oxygen atoms in total. The van der Waals surface area contributed by atoms with E-state index >= 15 is 0 Å². The number of piperidine rings is 1. The zero-order chi connectivity index (χ0) is 18.2. The van der Waals surface area contributed by atoms with Crippen LogP contribution in [0.3, 0.4) is 0 Å². The minimum absolute atomic E-state index is 0.0695. The van der Waals surface area contributed by atoms with Crippen molar-refractivity contribution in [1.29, 1.82) is 0 Å². The molecule has 0 aromatic heterocycles. The van der Waals surface area contributed by atoms with Crippen molar-refractivity contribution in [2.24, 2.45) is 11.8 Å². The standard InChI is InChI=1S/C23H31NOSi/c1-23(2,3)26(20-10-6-4-7-11-20,21-12-8-5-9-13-21)25-22-18-14-15-19(22)17-24-16-18/h4-13,18-19,22,24H,14-17H2,1-3H3/t18-,19+,22?. The zero-order valence-electron chi connectivity index (χ0n) is 16.2. The van der Waals surface area contributed by atoms with Gasteiger partial charge < -0.3 is 9.74 Å². The van der Waals surface area contributed by atoms with Crippen LogP contribution in [0.1, 0.15) is 33.6 Å². The van der Waals surface area contributed by atoms with Crippen molar-refractivity contribution >= 4 is 18.7 Å². The van der Waals surface area contributed by atoms with Crippen molar-refractivity contribution in [2.45, 2.75) is 44.8 Å². The maximum absolute atomic E-state index is 7.40. The van der Waals surface area contributed by atoms with Crippen LogP contribution >= 0.6 is 0 Å². The Balaban J connectivity index is 1.86. The number of hydrogen-bond donors (Lipinski definition) is 1. The first-order valence-electron chi connectivity index (χ1n) is 10.0. The first kappa shape index (κ1) is 18.0. The van der Waals surface area contributed by atoms with Crippen molar-refractivity contribution < 1.29 is 4.43 Å². The lowest BCUT2D eigenvalue weighted by molar-refractivity contribution is 0.0836. The Morgan fingerprint density at radius 3 is 1.69 bits per heavy atom. The minimum Gasteiger partial charge on any atom is -0.404 e. The number of nitrogens with one attached hydrogen (secondary N) is 1. The van der Waals surface area contributed by atoms with Crippen LogP contribution in [0.5, 0.6) is 0 Å². The molecule has 1 aliphatic heterocycles. The van der Waals surface area contributed by atoms with E-state index < -0.39 is 8.32 Å². The van der Waals surface area contributed by atoms with Crippen molar-refractivity contribution in [1.82, 2.24) is 5.32 Å². The second-order valence-electron chi connectivity index (χ2n) is 9.00. The molecule has 1 aliphatic carbocycles. The van der Waals surface area contributed by atoms with Gasteiger partial charge in [0.15, 0.2) is 0 Å². The SMILES string of the molecule is CC(C)(C)[Si](OC1[C@@H]2CC[C@H]1CNC2)(c1ccccc1)c1ccccc1. The van der Waals surface area contributed by atoms with Gasteiger partial charge in [-0.1, -0.05) is 81.4 Å². The van der Waals surface area contributed by atoms with Gasteiger partial charge in [0, 0.05) is 13.1 Å². The van der Waals surface area contributed by atoms with Gasteiger partial charge in [-0.2, -0.15) is 0 Å². The molecule has 3 heteroatoms. The van der Waals surface area contributed by atoms with Gasteiger partial charge in [-0.3, -0.25) is 0 Å². The Morgan fingerprint density at radius 2 is 1.27 bits per heavy atom. The Bertz CT molecular complexity index is 669. The number of fused-ring (bicyclic) bond motifs is 2. The predicted molar refractivity (Wildman–Crippen MR) is 112 cm³/mol. The molecule has 2 aliphatic rings. The highest BCUT2D eigenvalue weighted by molar-refractivity contribution is 6.99. The van der Waals surface area contributed by atoms with Crippen LogP contribution in [0.15, 0.2) is 60.7 Å². The van der Waals surface area contributed by atoms with Gasteiger partial charge in [-0.05, 0) is 40.1 Å². The molecule has 26 heavy (non-hydrogen) atoms. The number of hydrogen-bond acceptors (Lipinski definition) is 2. The normalized spacial score (nSPS) is 26.0. The van der Waals surface area contributed by atoms with E-state index in [9.17, 15) is 0 Å². The fraction of sp³-hybridized carbons (Fsp3) is 0.478. The van der Waals surface area contributed by atoms with Gasteiger partial charge in [0.25, 0.3) is 8.32 Å². The molecule has 4 rings (SSSR count). The predicted octanol–water partition coefficient (Wildman–Crippen LogP) is 3.56. The summed E-state index contributed by atoms with van der Waals surface area (Å²) in [5, 5.41) is 6.49. The van der Waals surface area contributed by atoms with Crippen molar-refractivity contribution in [3.05, 3.63) is 60.7 Å². The molecule has 1 heterocycles. The molecule has 1 saturated heterocycles. The molecular formula is C23H31NOSi. The lowest BCUT2D eigenvalue weighted by atomic mass is 9.97. The maximum Gasteiger partial charge on any atom is 0.261 e. The summed E-state index contributed by atoms with van der Waals surface area (Å²) >= 11 is 0. The van der Waals surface area contributed by atoms with Crippen LogP contribution in [0.2, 0.25) is 5.04 Å². The highest BCUT2D eigenvalue weighted by Gasteiger charge is 2.54. The molecular weight excluding hydrogens is 334 g/mol. The second kappa shape index (κ2) is 6.95. The van der Waals surface area contributed by atoms with Crippen molar-refractivity contribution in [3.8, 4) is 0 Å². The average molecular weight is 366 g/mol. The smallest absolute Gasteiger partial charge is 0.261 e. The van der Waals surface area contributed by atoms with Crippen molar-refractivity contribution in [2.75, 3.05) is 13.1 Å². The molecule has 2 bridgehead atoms. The summed E-state index contributed by atoms with van der Waals surface area (Å²) in [6.45, 7) is 9.35. The summed E-state index contributed by atoms with van der Waals surface area (Å²) in [4.78, 5) is 0. The van der Waals surface area contributed by atoms with Gasteiger partial charge in [0.1, 0.15) is 0 Å². The van der Waals surface area contributed by atoms with E-state index in [1.165, 1.54) is 23.2 Å². The summed E-state index contributed by atoms with van der Waals surface area (Å²) in [6.07, 6.45) is 3.00. The fourth-order valence-electron chi connectivity index (χ4n) is 5.12. The highest BCUT2D eigenvalue weighted by atomic mass is 28.4. The maximum atomic E-state index is 7.40. The van der Waals surface area contributed by atoms with Crippen LogP contribution in [0.4, 0.5) is 0 Å². The lowest BCUT2D eigenvalue weighted by Gasteiger charge is -2.47. The van der Waals surface area contributed by atoms with Gasteiger partial charge >= 0.3 is 0 Å². The Kier molecular flexibility index (Phi) is 4.80. The van der Waals surface area contributed by atoms with E-state index in [0.717, 1.165) is 13.1 Å². The van der Waals surface area contributed by atoms with E-state index in [1.807, 2.05) is 0 Å². The Labute approximate surface area is 159 Å². The molecule has 2 aromatic carbocycles. The molecule has 138 valence electrons. The topological polar surface area (TPSA) is 21.3 Å². The summed E-state index contributed by atoms with van der Waals surface area (Å²) in [5.41, 5.74) is 0. The highest BCUT2D eigenvalue weighted by Crippen LogP contribution is 2.43. The third-order valence-electron chi connectivity index (χ3n) is 6.38. The van der Waals surface area contributed by atoms with Crippen LogP contribution in [-0.4, -0.2) is 27.5 Å². The third-order valence-corrected chi connectivity index (χ3v) is 11.4. The lowest BCUT2D eigenvalue weighted by Crippen LogP contribution is -2.69. The molecule has 0 spiro atoms. The van der Waals surface area contributed by atoms with Gasteiger partial charge in [0.2, 0.25) is 0 Å². The van der Waals surface area contributed by atoms with E-state index in [2.05, 4.69) is 86.8 Å². The van der Waals surface area contributed by atoms with E-state index in [1.54, 1.807) is 0 Å². The van der Waals surface area contributed by atoms with Crippen LogP contribution in [0, 0.1) is 11.8 Å². The first-order chi connectivity index (χ1) is 12.5. The van der Waals surface area contributed by atoms with E-state index in [0.29, 0.717) is 17.9 Å². The van der Waals surface area contributed by atoms with Crippen LogP contribution < -0.4 is 15.7 Å². The summed E-state index contributed by atoms with van der Waals surface area (Å²) in [6, 6.07) is 22.1. The first-order valence-corrected chi connectivity index (χ1v) is 11.9. The molecule has 0 amide bonds. The van der Waals surface area contributed by atoms with Crippen LogP contribution in [0.25, 0.3) is 0 Å². The fourth-order valence-corrected chi connectivity index (χ4v) is 9.93. The van der Waals surface area contributed by atoms with E-state index in [-0.39, 0.29) is 5.04 Å². The summed E-state index contributed by atoms with van der Waals surface area (Å²) in [5.74, 6) is 1.32. The zero-order valence-corrected chi connectivity index (χ0v) is 17.2. The Hall–Kier alpha value is -1.42. The van der Waals surface area contributed by atoms with Gasteiger partial charge in [-0.15, -0.1) is 0 Å². The molecule has 3 atom stereocenters. The Morgan fingerprint density at radius 1 is 0.808 bits per heavy atom. The average Bonchev–Trinajstić information content (AvgIpc) is 2.86. The summed E-state index contributed by atoms with van der Waals surface area (Å²) in [7, 11) is -2.41.